The highest BCUT2D eigenvalue weighted by atomic mass is 32.2. The molecule has 0 aromatic heterocycles. The highest BCUT2D eigenvalue weighted by molar-refractivity contribution is 7.93. The lowest BCUT2D eigenvalue weighted by molar-refractivity contribution is -0.136. The van der Waals surface area contributed by atoms with Crippen LogP contribution in [-0.2, 0) is 19.6 Å². The summed E-state index contributed by atoms with van der Waals surface area (Å²) in [5.41, 5.74) is 0.676. The van der Waals surface area contributed by atoms with Crippen LogP contribution in [0.1, 0.15) is 26.7 Å². The van der Waals surface area contributed by atoms with Gasteiger partial charge in [-0.25, -0.2) is 8.42 Å². The van der Waals surface area contributed by atoms with E-state index < -0.39 is 21.8 Å². The van der Waals surface area contributed by atoms with Gasteiger partial charge in [0.25, 0.3) is 0 Å². The second kappa shape index (κ2) is 8.39. The van der Waals surface area contributed by atoms with E-state index in [2.05, 4.69) is 10.6 Å². The number of carbonyl (C=O) groups is 2. The first-order valence-corrected chi connectivity index (χ1v) is 10.1. The van der Waals surface area contributed by atoms with Gasteiger partial charge in [-0.1, -0.05) is 13.8 Å². The Hall–Kier alpha value is -2.29. The van der Waals surface area contributed by atoms with Gasteiger partial charge in [0, 0.05) is 13.1 Å². The summed E-state index contributed by atoms with van der Waals surface area (Å²) in [6.45, 7) is 4.84. The van der Waals surface area contributed by atoms with Crippen LogP contribution in [0.3, 0.4) is 0 Å². The quantitative estimate of drug-likeness (QED) is 0.721. The van der Waals surface area contributed by atoms with E-state index in [4.69, 9.17) is 4.74 Å². The molecule has 0 unspecified atom stereocenters. The number of hydrogen-bond donors (Lipinski definition) is 2. The van der Waals surface area contributed by atoms with Crippen LogP contribution in [0, 0.1) is 5.92 Å². The summed E-state index contributed by atoms with van der Waals surface area (Å²) < 4.78 is 30.6. The molecule has 1 aromatic carbocycles. The monoisotopic (exact) mass is 383 g/mol. The maximum Gasteiger partial charge on any atom is 0.313 e. The fraction of sp³-hybridized carbons (Fsp3) is 0.529. The topological polar surface area (TPSA) is 105 Å². The van der Waals surface area contributed by atoms with Crippen LogP contribution in [0.15, 0.2) is 18.2 Å². The summed E-state index contributed by atoms with van der Waals surface area (Å²) in [7, 11) is -1.91. The van der Waals surface area contributed by atoms with Gasteiger partial charge in [0.15, 0.2) is 0 Å². The molecule has 144 valence electrons. The van der Waals surface area contributed by atoms with Gasteiger partial charge in [0.2, 0.25) is 10.0 Å². The molecule has 1 fully saturated rings. The first kappa shape index (κ1) is 20.0. The molecule has 0 bridgehead atoms. The molecular formula is C17H25N3O5S. The lowest BCUT2D eigenvalue weighted by Crippen LogP contribution is -2.36. The number of sulfonamides is 1. The molecule has 1 heterocycles. The first-order valence-electron chi connectivity index (χ1n) is 8.52. The molecule has 1 aliphatic rings. The van der Waals surface area contributed by atoms with Crippen molar-refractivity contribution < 1.29 is 22.7 Å². The van der Waals surface area contributed by atoms with Gasteiger partial charge < -0.3 is 15.4 Å². The minimum Gasteiger partial charge on any atom is -0.495 e. The zero-order chi connectivity index (χ0) is 19.3. The van der Waals surface area contributed by atoms with Crippen LogP contribution in [0.4, 0.5) is 11.4 Å². The third-order valence-corrected chi connectivity index (χ3v) is 5.90. The number of carbonyl (C=O) groups excluding carboxylic acids is 2. The molecule has 0 atom stereocenters. The molecule has 0 radical (unpaired) electrons. The Morgan fingerprint density at radius 3 is 2.58 bits per heavy atom. The van der Waals surface area contributed by atoms with Crippen LogP contribution in [0.25, 0.3) is 0 Å². The molecule has 2 rings (SSSR count). The molecule has 0 spiro atoms. The highest BCUT2D eigenvalue weighted by Gasteiger charge is 2.29. The smallest absolute Gasteiger partial charge is 0.313 e. The van der Waals surface area contributed by atoms with Crippen molar-refractivity contribution in [2.45, 2.75) is 26.7 Å². The number of benzene rings is 1. The van der Waals surface area contributed by atoms with Gasteiger partial charge >= 0.3 is 11.8 Å². The fourth-order valence-electron chi connectivity index (χ4n) is 2.61. The summed E-state index contributed by atoms with van der Waals surface area (Å²) in [6.07, 6.45) is 1.32. The molecule has 0 aliphatic carbocycles. The number of nitrogens with zero attached hydrogens (tertiary/aromatic N) is 1. The van der Waals surface area contributed by atoms with Crippen molar-refractivity contribution in [3.63, 3.8) is 0 Å². The largest absolute Gasteiger partial charge is 0.495 e. The third-order valence-electron chi connectivity index (χ3n) is 4.03. The molecule has 2 N–H and O–H groups in total. The first-order chi connectivity index (χ1) is 12.2. The number of ether oxygens (including phenoxy) is 1. The van der Waals surface area contributed by atoms with Crippen LogP contribution < -0.4 is 19.7 Å². The SMILES string of the molecule is COc1ccc(N2CCCS2(=O)=O)cc1NC(=O)C(=O)NCCC(C)C. The number of hydrogen-bond acceptors (Lipinski definition) is 5. The fourth-order valence-corrected chi connectivity index (χ4v) is 4.17. The van der Waals surface area contributed by atoms with Crippen LogP contribution in [0.2, 0.25) is 0 Å². The van der Waals surface area contributed by atoms with Crippen molar-refractivity contribution >= 4 is 33.2 Å². The lowest BCUT2D eigenvalue weighted by atomic mass is 10.1. The van der Waals surface area contributed by atoms with Crippen molar-refractivity contribution in [2.24, 2.45) is 5.92 Å². The van der Waals surface area contributed by atoms with E-state index in [1.54, 1.807) is 12.1 Å². The van der Waals surface area contributed by atoms with Gasteiger partial charge in [-0.2, -0.15) is 0 Å². The Bertz CT molecular complexity index is 777. The number of amides is 2. The molecule has 1 saturated heterocycles. The molecule has 8 nitrogen and oxygen atoms in total. The number of rotatable bonds is 6. The molecule has 1 aromatic rings. The highest BCUT2D eigenvalue weighted by Crippen LogP contribution is 2.32. The van der Waals surface area contributed by atoms with E-state index in [1.165, 1.54) is 17.5 Å². The average Bonchev–Trinajstić information content (AvgIpc) is 2.93. The molecule has 26 heavy (non-hydrogen) atoms. The Morgan fingerprint density at radius 2 is 2.00 bits per heavy atom. The van der Waals surface area contributed by atoms with Gasteiger partial charge in [0.1, 0.15) is 5.75 Å². The molecular weight excluding hydrogens is 358 g/mol. The van der Waals surface area contributed by atoms with Crippen molar-refractivity contribution in [3.8, 4) is 5.75 Å². The van der Waals surface area contributed by atoms with Gasteiger partial charge in [0.05, 0.1) is 24.2 Å². The maximum atomic E-state index is 12.1. The van der Waals surface area contributed by atoms with E-state index >= 15 is 0 Å². The van der Waals surface area contributed by atoms with Gasteiger partial charge in [-0.3, -0.25) is 13.9 Å². The van der Waals surface area contributed by atoms with E-state index in [9.17, 15) is 18.0 Å². The number of nitrogens with one attached hydrogen (secondary N) is 2. The Kier molecular flexibility index (Phi) is 6.47. The summed E-state index contributed by atoms with van der Waals surface area (Å²) in [5.74, 6) is -0.717. The zero-order valence-corrected chi connectivity index (χ0v) is 16.1. The molecule has 2 amide bonds. The Balaban J connectivity index is 2.13. The second-order valence-corrected chi connectivity index (χ2v) is 8.53. The number of anilines is 2. The molecule has 0 saturated carbocycles. The number of methoxy groups -OCH3 is 1. The van der Waals surface area contributed by atoms with Gasteiger partial charge in [-0.05, 0) is 37.0 Å². The third kappa shape index (κ3) is 4.87. The summed E-state index contributed by atoms with van der Waals surface area (Å²) >= 11 is 0. The minimum atomic E-state index is -3.34. The predicted octanol–water partition coefficient (Wildman–Crippen LogP) is 1.34. The van der Waals surface area contributed by atoms with Crippen LogP contribution >= 0.6 is 0 Å². The van der Waals surface area contributed by atoms with E-state index in [1.807, 2.05) is 13.8 Å². The Morgan fingerprint density at radius 1 is 1.27 bits per heavy atom. The normalized spacial score (nSPS) is 15.8. The predicted molar refractivity (Wildman–Crippen MR) is 99.8 cm³/mol. The van der Waals surface area contributed by atoms with Gasteiger partial charge in [-0.15, -0.1) is 0 Å². The molecule has 1 aliphatic heterocycles. The maximum absolute atomic E-state index is 12.1. The summed E-state index contributed by atoms with van der Waals surface area (Å²) in [6, 6.07) is 4.68. The summed E-state index contributed by atoms with van der Waals surface area (Å²) in [5, 5.41) is 5.05. The van der Waals surface area contributed by atoms with Crippen LogP contribution in [-0.4, -0.2) is 46.2 Å². The van der Waals surface area contributed by atoms with E-state index in [-0.39, 0.29) is 11.4 Å². The van der Waals surface area contributed by atoms with Crippen molar-refractivity contribution in [2.75, 3.05) is 35.6 Å². The zero-order valence-electron chi connectivity index (χ0n) is 15.2. The van der Waals surface area contributed by atoms with Crippen LogP contribution in [0.5, 0.6) is 5.75 Å². The second-order valence-electron chi connectivity index (χ2n) is 6.52. The Labute approximate surface area is 153 Å². The van der Waals surface area contributed by atoms with Crippen molar-refractivity contribution in [1.29, 1.82) is 0 Å². The minimum absolute atomic E-state index is 0.0962. The average molecular weight is 383 g/mol. The summed E-state index contributed by atoms with van der Waals surface area (Å²) in [4.78, 5) is 24.0. The van der Waals surface area contributed by atoms with E-state index in [0.717, 1.165) is 6.42 Å². The molecule has 9 heteroatoms. The standard InChI is InChI=1S/C17H25N3O5S/c1-12(2)7-8-18-16(21)17(22)19-14-11-13(5-6-15(14)25-3)20-9-4-10-26(20,23)24/h5-6,11-12H,4,7-10H2,1-3H3,(H,18,21)(H,19,22). The van der Waals surface area contributed by atoms with Crippen molar-refractivity contribution in [1.82, 2.24) is 5.32 Å². The lowest BCUT2D eigenvalue weighted by Gasteiger charge is -2.19. The van der Waals surface area contributed by atoms with E-state index in [0.29, 0.717) is 36.9 Å². The van der Waals surface area contributed by atoms with Crippen molar-refractivity contribution in [3.05, 3.63) is 18.2 Å².